The highest BCUT2D eigenvalue weighted by atomic mass is 16.5. The fraction of sp³-hybridized carbons (Fsp3) is 0.458. The van der Waals surface area contributed by atoms with Gasteiger partial charge in [-0.3, -0.25) is 9.59 Å². The molecule has 1 aromatic carbocycles. The molecule has 0 saturated carbocycles. The first-order chi connectivity index (χ1) is 15.5. The van der Waals surface area contributed by atoms with Gasteiger partial charge in [0.25, 0.3) is 5.91 Å². The third-order valence-electron chi connectivity index (χ3n) is 6.41. The number of carbonyl (C=O) groups is 2. The summed E-state index contributed by atoms with van der Waals surface area (Å²) in [7, 11) is 1.32. The number of piperidine rings is 1. The molecule has 168 valence electrons. The second-order valence-electron chi connectivity index (χ2n) is 8.59. The van der Waals surface area contributed by atoms with E-state index in [1.807, 2.05) is 19.1 Å². The van der Waals surface area contributed by atoms with Gasteiger partial charge in [-0.2, -0.15) is 0 Å². The van der Waals surface area contributed by atoms with Crippen molar-refractivity contribution in [3.05, 3.63) is 52.2 Å². The Morgan fingerprint density at radius 3 is 2.75 bits per heavy atom. The number of nitrogens with zero attached hydrogens (tertiary/aromatic N) is 3. The van der Waals surface area contributed by atoms with Crippen LogP contribution in [0.15, 0.2) is 24.3 Å². The van der Waals surface area contributed by atoms with Crippen LogP contribution in [0.25, 0.3) is 0 Å². The van der Waals surface area contributed by atoms with Crippen LogP contribution in [0.3, 0.4) is 0 Å². The molecule has 0 atom stereocenters. The van der Waals surface area contributed by atoms with Gasteiger partial charge < -0.3 is 24.0 Å². The SMILES string of the molecule is COC(=O)CN1Cc2nc(N3CCC(Oc4ccc5c(c4)COC5)CC3)c(C)cc2C1=O. The summed E-state index contributed by atoms with van der Waals surface area (Å²) in [5, 5.41) is 0. The van der Waals surface area contributed by atoms with E-state index in [-0.39, 0.29) is 18.6 Å². The second kappa shape index (κ2) is 8.43. The number of carbonyl (C=O) groups excluding carboxylic acids is 2. The van der Waals surface area contributed by atoms with E-state index in [1.165, 1.54) is 23.1 Å². The van der Waals surface area contributed by atoms with Crippen LogP contribution in [0.5, 0.6) is 5.75 Å². The van der Waals surface area contributed by atoms with Crippen LogP contribution in [-0.2, 0) is 34.0 Å². The molecule has 8 heteroatoms. The van der Waals surface area contributed by atoms with Crippen molar-refractivity contribution in [2.75, 3.05) is 31.6 Å². The number of methoxy groups -OCH3 is 1. The molecule has 0 unspecified atom stereocenters. The molecule has 1 amide bonds. The molecule has 3 aliphatic heterocycles. The molecular formula is C24H27N3O5. The van der Waals surface area contributed by atoms with Crippen LogP contribution in [0.2, 0.25) is 0 Å². The molecule has 0 spiro atoms. The number of hydrogen-bond donors (Lipinski definition) is 0. The van der Waals surface area contributed by atoms with Crippen LogP contribution in [0.4, 0.5) is 5.82 Å². The Labute approximate surface area is 187 Å². The zero-order valence-corrected chi connectivity index (χ0v) is 18.4. The fourth-order valence-corrected chi connectivity index (χ4v) is 4.64. The van der Waals surface area contributed by atoms with Crippen LogP contribution >= 0.6 is 0 Å². The molecule has 0 radical (unpaired) electrons. The zero-order valence-electron chi connectivity index (χ0n) is 18.4. The summed E-state index contributed by atoms with van der Waals surface area (Å²) in [6.45, 7) is 5.28. The molecule has 8 nitrogen and oxygen atoms in total. The minimum Gasteiger partial charge on any atom is -0.490 e. The second-order valence-corrected chi connectivity index (χ2v) is 8.59. The summed E-state index contributed by atoms with van der Waals surface area (Å²) in [4.78, 5) is 32.8. The van der Waals surface area contributed by atoms with E-state index in [0.29, 0.717) is 25.3 Å². The number of amides is 1. The number of rotatable bonds is 5. The molecule has 1 fully saturated rings. The number of hydrogen-bond acceptors (Lipinski definition) is 7. The van der Waals surface area contributed by atoms with E-state index in [9.17, 15) is 9.59 Å². The summed E-state index contributed by atoms with van der Waals surface area (Å²) in [6, 6.07) is 8.11. The highest BCUT2D eigenvalue weighted by molar-refractivity contribution is 5.99. The van der Waals surface area contributed by atoms with E-state index in [0.717, 1.165) is 48.8 Å². The quantitative estimate of drug-likeness (QED) is 0.665. The van der Waals surface area contributed by atoms with Gasteiger partial charge in [-0.15, -0.1) is 0 Å². The monoisotopic (exact) mass is 437 g/mol. The first-order valence-corrected chi connectivity index (χ1v) is 11.0. The Bertz CT molecular complexity index is 1060. The fourth-order valence-electron chi connectivity index (χ4n) is 4.64. The number of aromatic nitrogens is 1. The Morgan fingerprint density at radius 1 is 1.19 bits per heavy atom. The van der Waals surface area contributed by atoms with E-state index in [2.05, 4.69) is 17.0 Å². The maximum absolute atomic E-state index is 12.6. The van der Waals surface area contributed by atoms with Gasteiger partial charge in [0, 0.05) is 25.9 Å². The normalized spacial score (nSPS) is 18.0. The summed E-state index contributed by atoms with van der Waals surface area (Å²) in [5.41, 5.74) is 4.73. The van der Waals surface area contributed by atoms with Crippen molar-refractivity contribution in [1.82, 2.24) is 9.88 Å². The maximum Gasteiger partial charge on any atom is 0.325 e. The van der Waals surface area contributed by atoms with Gasteiger partial charge in [-0.1, -0.05) is 6.07 Å². The largest absolute Gasteiger partial charge is 0.490 e. The molecule has 5 rings (SSSR count). The third-order valence-corrected chi connectivity index (χ3v) is 6.41. The van der Waals surface area contributed by atoms with Crippen molar-refractivity contribution in [2.45, 2.75) is 45.6 Å². The van der Waals surface area contributed by atoms with E-state index in [4.69, 9.17) is 19.2 Å². The first-order valence-electron chi connectivity index (χ1n) is 11.0. The summed E-state index contributed by atoms with van der Waals surface area (Å²) in [6.07, 6.45) is 1.97. The van der Waals surface area contributed by atoms with Gasteiger partial charge in [-0.25, -0.2) is 4.98 Å². The van der Waals surface area contributed by atoms with Gasteiger partial charge in [0.2, 0.25) is 0 Å². The number of anilines is 1. The Hall–Kier alpha value is -3.13. The number of fused-ring (bicyclic) bond motifs is 2. The van der Waals surface area contributed by atoms with E-state index >= 15 is 0 Å². The average molecular weight is 437 g/mol. The minimum absolute atomic E-state index is 0.0579. The lowest BCUT2D eigenvalue weighted by atomic mass is 10.1. The Kier molecular flexibility index (Phi) is 5.46. The predicted molar refractivity (Wildman–Crippen MR) is 117 cm³/mol. The molecule has 0 bridgehead atoms. The zero-order chi connectivity index (χ0) is 22.2. The Balaban J connectivity index is 1.23. The Morgan fingerprint density at radius 2 is 1.97 bits per heavy atom. The topological polar surface area (TPSA) is 81.2 Å². The van der Waals surface area contributed by atoms with E-state index in [1.54, 1.807) is 0 Å². The summed E-state index contributed by atoms with van der Waals surface area (Å²) in [5.74, 6) is 1.22. The van der Waals surface area contributed by atoms with Gasteiger partial charge in [-0.05, 0) is 41.8 Å². The first kappa shape index (κ1) is 20.8. The van der Waals surface area contributed by atoms with Crippen LogP contribution in [-0.4, -0.2) is 54.6 Å². The molecule has 1 aromatic heterocycles. The standard InChI is InChI=1S/C24H27N3O5/c1-15-9-20-21(11-27(24(20)29)12-22(28)30-2)25-23(15)26-7-5-18(6-8-26)32-19-4-3-16-13-31-14-17(16)10-19/h3-4,9-10,18H,5-8,11-14H2,1-2H3. The van der Waals surface area contributed by atoms with Crippen LogP contribution < -0.4 is 9.64 Å². The van der Waals surface area contributed by atoms with Crippen molar-refractivity contribution in [3.8, 4) is 5.75 Å². The van der Waals surface area contributed by atoms with Crippen LogP contribution in [0, 0.1) is 6.92 Å². The van der Waals surface area contributed by atoms with Crippen molar-refractivity contribution in [3.63, 3.8) is 0 Å². The smallest absolute Gasteiger partial charge is 0.325 e. The van der Waals surface area contributed by atoms with Gasteiger partial charge >= 0.3 is 5.97 Å². The minimum atomic E-state index is -0.430. The molecule has 32 heavy (non-hydrogen) atoms. The molecular weight excluding hydrogens is 410 g/mol. The number of pyridine rings is 1. The predicted octanol–water partition coefficient (Wildman–Crippen LogP) is 2.60. The summed E-state index contributed by atoms with van der Waals surface area (Å²) < 4.78 is 16.4. The van der Waals surface area contributed by atoms with E-state index < -0.39 is 5.97 Å². The molecule has 0 aliphatic carbocycles. The van der Waals surface area contributed by atoms with Crippen molar-refractivity contribution in [2.24, 2.45) is 0 Å². The average Bonchev–Trinajstić information content (AvgIpc) is 3.38. The van der Waals surface area contributed by atoms with Crippen LogP contribution in [0.1, 0.15) is 45.6 Å². The van der Waals surface area contributed by atoms with Gasteiger partial charge in [0.05, 0.1) is 38.1 Å². The summed E-state index contributed by atoms with van der Waals surface area (Å²) >= 11 is 0. The number of ether oxygens (including phenoxy) is 3. The van der Waals surface area contributed by atoms with Gasteiger partial charge in [0.15, 0.2) is 0 Å². The lowest BCUT2D eigenvalue weighted by molar-refractivity contribution is -0.141. The molecule has 3 aliphatic rings. The molecule has 4 heterocycles. The third kappa shape index (κ3) is 3.90. The highest BCUT2D eigenvalue weighted by Gasteiger charge is 2.32. The number of aryl methyl sites for hydroxylation is 1. The van der Waals surface area contributed by atoms with Crippen molar-refractivity contribution in [1.29, 1.82) is 0 Å². The van der Waals surface area contributed by atoms with Crippen molar-refractivity contribution >= 4 is 17.7 Å². The number of esters is 1. The molecule has 1 saturated heterocycles. The maximum atomic E-state index is 12.6. The molecule has 2 aromatic rings. The highest BCUT2D eigenvalue weighted by Crippen LogP contribution is 2.30. The lowest BCUT2D eigenvalue weighted by Crippen LogP contribution is -2.39. The van der Waals surface area contributed by atoms with Gasteiger partial charge in [0.1, 0.15) is 24.2 Å². The molecule has 0 N–H and O–H groups in total. The lowest BCUT2D eigenvalue weighted by Gasteiger charge is -2.34. The number of benzene rings is 1. The van der Waals surface area contributed by atoms with Crippen molar-refractivity contribution < 1.29 is 23.8 Å².